The largest absolute Gasteiger partial charge is 0.373 e. The molecule has 0 bridgehead atoms. The maximum Gasteiger partial charge on any atom is 0.216 e. The van der Waals surface area contributed by atoms with Gasteiger partial charge in [-0.15, -0.1) is 24.0 Å². The second-order valence-electron chi connectivity index (χ2n) is 6.28. The summed E-state index contributed by atoms with van der Waals surface area (Å²) in [7, 11) is -3.28. The molecule has 0 radical (unpaired) electrons. The summed E-state index contributed by atoms with van der Waals surface area (Å²) in [4.78, 5) is 4.47. The minimum absolute atomic E-state index is 0. The highest BCUT2D eigenvalue weighted by atomic mass is 127. The van der Waals surface area contributed by atoms with E-state index >= 15 is 0 Å². The van der Waals surface area contributed by atoms with Crippen molar-refractivity contribution in [3.63, 3.8) is 0 Å². The Balaban J connectivity index is 0.00000576. The lowest BCUT2D eigenvalue weighted by atomic mass is 10.2. The number of hydrogen-bond acceptors (Lipinski definition) is 4. The first-order chi connectivity index (χ1) is 11.4. The van der Waals surface area contributed by atoms with Crippen molar-refractivity contribution in [2.45, 2.75) is 59.2 Å². The summed E-state index contributed by atoms with van der Waals surface area (Å²) >= 11 is 0. The highest BCUT2D eigenvalue weighted by Crippen LogP contribution is 2.14. The van der Waals surface area contributed by atoms with E-state index in [1.54, 1.807) is 4.31 Å². The van der Waals surface area contributed by atoms with Crippen LogP contribution >= 0.6 is 24.0 Å². The zero-order valence-electron chi connectivity index (χ0n) is 16.0. The van der Waals surface area contributed by atoms with Gasteiger partial charge in [0.1, 0.15) is 0 Å². The van der Waals surface area contributed by atoms with Crippen molar-refractivity contribution in [3.05, 3.63) is 0 Å². The van der Waals surface area contributed by atoms with Gasteiger partial charge >= 0.3 is 0 Å². The molecule has 2 unspecified atom stereocenters. The van der Waals surface area contributed by atoms with Crippen molar-refractivity contribution >= 4 is 40.0 Å². The topological polar surface area (TPSA) is 83.0 Å². The van der Waals surface area contributed by atoms with E-state index in [0.29, 0.717) is 25.6 Å². The Morgan fingerprint density at radius 3 is 2.36 bits per heavy atom. The number of unbranched alkanes of at least 4 members (excludes halogenated alkanes) is 2. The molecule has 0 aromatic heterocycles. The second kappa shape index (κ2) is 13.1. The van der Waals surface area contributed by atoms with E-state index < -0.39 is 10.0 Å². The number of aliphatic imine (C=N–C) groups is 1. The maximum atomic E-state index is 12.5. The van der Waals surface area contributed by atoms with Crippen LogP contribution in [0.5, 0.6) is 0 Å². The molecule has 0 aromatic rings. The summed E-state index contributed by atoms with van der Waals surface area (Å²) in [5, 5.41) is 6.27. The maximum absolute atomic E-state index is 12.5. The summed E-state index contributed by atoms with van der Waals surface area (Å²) in [5.74, 6) is 0.749. The van der Waals surface area contributed by atoms with Crippen molar-refractivity contribution in [2.24, 2.45) is 4.99 Å². The third kappa shape index (κ3) is 9.95. The number of rotatable bonds is 9. The SMILES string of the molecule is CCCCCN=C(NCC)NCCS(=O)(=O)N1CC(C)OC(C)C1.I. The van der Waals surface area contributed by atoms with Gasteiger partial charge in [0.15, 0.2) is 5.96 Å². The molecule has 0 aliphatic carbocycles. The number of sulfonamides is 1. The van der Waals surface area contributed by atoms with Crippen LogP contribution < -0.4 is 10.6 Å². The molecule has 2 atom stereocenters. The van der Waals surface area contributed by atoms with Gasteiger partial charge in [-0.3, -0.25) is 4.99 Å². The molecule has 1 saturated heterocycles. The average Bonchev–Trinajstić information content (AvgIpc) is 2.50. The molecule has 0 spiro atoms. The number of nitrogens with zero attached hydrogens (tertiary/aromatic N) is 2. The molecule has 0 aromatic carbocycles. The van der Waals surface area contributed by atoms with Crippen molar-refractivity contribution < 1.29 is 13.2 Å². The smallest absolute Gasteiger partial charge is 0.216 e. The summed E-state index contributed by atoms with van der Waals surface area (Å²) < 4.78 is 32.1. The predicted molar refractivity (Wildman–Crippen MR) is 114 cm³/mol. The summed E-state index contributed by atoms with van der Waals surface area (Å²) in [6.45, 7) is 10.7. The monoisotopic (exact) mass is 490 g/mol. The molecule has 1 aliphatic heterocycles. The van der Waals surface area contributed by atoms with Crippen LogP contribution in [0, 0.1) is 0 Å². The Morgan fingerprint density at radius 1 is 1.16 bits per heavy atom. The molecule has 25 heavy (non-hydrogen) atoms. The van der Waals surface area contributed by atoms with E-state index in [1.165, 1.54) is 0 Å². The van der Waals surface area contributed by atoms with Crippen LogP contribution in [0.1, 0.15) is 47.0 Å². The van der Waals surface area contributed by atoms with Crippen LogP contribution in [-0.2, 0) is 14.8 Å². The van der Waals surface area contributed by atoms with Gasteiger partial charge in [-0.2, -0.15) is 4.31 Å². The van der Waals surface area contributed by atoms with E-state index in [4.69, 9.17) is 4.74 Å². The highest BCUT2D eigenvalue weighted by Gasteiger charge is 2.30. The molecule has 7 nitrogen and oxygen atoms in total. The van der Waals surface area contributed by atoms with Gasteiger partial charge in [-0.05, 0) is 27.2 Å². The Kier molecular flexibility index (Phi) is 13.0. The molecule has 150 valence electrons. The molecular formula is C16H35IN4O3S. The van der Waals surface area contributed by atoms with Crippen molar-refractivity contribution in [1.82, 2.24) is 14.9 Å². The first-order valence-corrected chi connectivity index (χ1v) is 10.6. The van der Waals surface area contributed by atoms with Gasteiger partial charge in [0.2, 0.25) is 10.0 Å². The molecule has 0 saturated carbocycles. The Morgan fingerprint density at radius 2 is 1.80 bits per heavy atom. The molecule has 2 N–H and O–H groups in total. The van der Waals surface area contributed by atoms with Gasteiger partial charge in [0.05, 0.1) is 18.0 Å². The predicted octanol–water partition coefficient (Wildman–Crippen LogP) is 1.79. The molecule has 1 aliphatic rings. The number of ether oxygens (including phenoxy) is 1. The fraction of sp³-hybridized carbons (Fsp3) is 0.938. The zero-order valence-corrected chi connectivity index (χ0v) is 19.1. The zero-order chi connectivity index (χ0) is 18.0. The average molecular weight is 490 g/mol. The second-order valence-corrected chi connectivity index (χ2v) is 8.37. The summed E-state index contributed by atoms with van der Waals surface area (Å²) in [6.07, 6.45) is 3.25. The first kappa shape index (κ1) is 24.9. The number of hydrogen-bond donors (Lipinski definition) is 2. The van der Waals surface area contributed by atoms with Crippen LogP contribution in [0.15, 0.2) is 4.99 Å². The van der Waals surface area contributed by atoms with Gasteiger partial charge in [0, 0.05) is 32.7 Å². The van der Waals surface area contributed by atoms with Crippen LogP contribution in [0.25, 0.3) is 0 Å². The lowest BCUT2D eigenvalue weighted by Gasteiger charge is -2.34. The minimum Gasteiger partial charge on any atom is -0.373 e. The Bertz CT molecular complexity index is 478. The Hall–Kier alpha value is -0.130. The van der Waals surface area contributed by atoms with Gasteiger partial charge in [-0.25, -0.2) is 8.42 Å². The van der Waals surface area contributed by atoms with Gasteiger partial charge in [-0.1, -0.05) is 19.8 Å². The summed E-state index contributed by atoms with van der Waals surface area (Å²) in [5.41, 5.74) is 0. The number of guanidine groups is 1. The molecule has 1 fully saturated rings. The number of morpholine rings is 1. The quantitative estimate of drug-likeness (QED) is 0.223. The van der Waals surface area contributed by atoms with E-state index in [2.05, 4.69) is 22.5 Å². The Labute approximate surface area is 170 Å². The third-order valence-corrected chi connectivity index (χ3v) is 5.61. The van der Waals surface area contributed by atoms with E-state index in [-0.39, 0.29) is 41.9 Å². The van der Waals surface area contributed by atoms with Crippen LogP contribution in [-0.4, -0.2) is 69.4 Å². The van der Waals surface area contributed by atoms with Gasteiger partial charge < -0.3 is 15.4 Å². The van der Waals surface area contributed by atoms with E-state index in [0.717, 1.165) is 32.4 Å². The fourth-order valence-electron chi connectivity index (χ4n) is 2.68. The normalized spacial score (nSPS) is 22.3. The highest BCUT2D eigenvalue weighted by molar-refractivity contribution is 14.0. The van der Waals surface area contributed by atoms with Crippen molar-refractivity contribution in [3.8, 4) is 0 Å². The minimum atomic E-state index is -3.28. The van der Waals surface area contributed by atoms with Crippen LogP contribution in [0.2, 0.25) is 0 Å². The first-order valence-electron chi connectivity index (χ1n) is 9.04. The van der Waals surface area contributed by atoms with Crippen molar-refractivity contribution in [1.29, 1.82) is 0 Å². The van der Waals surface area contributed by atoms with E-state index in [1.807, 2.05) is 20.8 Å². The number of nitrogens with one attached hydrogen (secondary N) is 2. The standard InChI is InChI=1S/C16H34N4O3S.HI/c1-5-7-8-9-18-16(17-6-2)19-10-11-24(21,22)20-12-14(3)23-15(4)13-20;/h14-15H,5-13H2,1-4H3,(H2,17,18,19);1H. The van der Waals surface area contributed by atoms with Crippen LogP contribution in [0.3, 0.4) is 0 Å². The molecule has 1 rings (SSSR count). The molecular weight excluding hydrogens is 455 g/mol. The lowest BCUT2D eigenvalue weighted by Crippen LogP contribution is -2.50. The lowest BCUT2D eigenvalue weighted by molar-refractivity contribution is -0.0440. The van der Waals surface area contributed by atoms with Crippen LogP contribution in [0.4, 0.5) is 0 Å². The summed E-state index contributed by atoms with van der Waals surface area (Å²) in [6, 6.07) is 0. The molecule has 0 amide bonds. The third-order valence-electron chi connectivity index (χ3n) is 3.81. The van der Waals surface area contributed by atoms with E-state index in [9.17, 15) is 8.42 Å². The van der Waals surface area contributed by atoms with Crippen molar-refractivity contribution in [2.75, 3.05) is 38.5 Å². The van der Waals surface area contributed by atoms with Gasteiger partial charge in [0.25, 0.3) is 0 Å². The fourth-order valence-corrected chi connectivity index (χ4v) is 4.17. The molecule has 1 heterocycles. The number of halogens is 1. The molecule has 9 heteroatoms.